The van der Waals surface area contributed by atoms with Crippen LogP contribution in [0.1, 0.15) is 24.0 Å². The van der Waals surface area contributed by atoms with Crippen molar-refractivity contribution < 1.29 is 5.11 Å². The van der Waals surface area contributed by atoms with Crippen molar-refractivity contribution in [2.45, 2.75) is 18.9 Å². The second-order valence-electron chi connectivity index (χ2n) is 2.26. The first-order valence-electron chi connectivity index (χ1n) is 3.47. The zero-order chi connectivity index (χ0) is 8.97. The van der Waals surface area contributed by atoms with Crippen molar-refractivity contribution in [3.63, 3.8) is 0 Å². The minimum absolute atomic E-state index is 0.542. The zero-order valence-corrected chi connectivity index (χ0v) is 7.90. The van der Waals surface area contributed by atoms with Crippen LogP contribution < -0.4 is 0 Å². The van der Waals surface area contributed by atoms with E-state index in [1.807, 2.05) is 0 Å². The summed E-state index contributed by atoms with van der Waals surface area (Å²) in [6.45, 7) is 0. The highest BCUT2D eigenvalue weighted by Crippen LogP contribution is 2.26. The number of terminal acetylenes is 1. The number of nitrogens with zero attached hydrogens (tertiary/aromatic N) is 1. The van der Waals surface area contributed by atoms with E-state index in [1.165, 1.54) is 17.5 Å². The van der Waals surface area contributed by atoms with Gasteiger partial charge in [0.2, 0.25) is 0 Å². The standard InChI is InChI=1S/C8H8ClNOS/c1-2-3-4-6(11)8-10-5-7(9)12-8/h1,5-6,11H,3-4H2. The molecule has 0 aliphatic rings. The lowest BCUT2D eigenvalue weighted by Crippen LogP contribution is -1.94. The Balaban J connectivity index is 2.54. The maximum atomic E-state index is 9.46. The topological polar surface area (TPSA) is 33.1 Å². The monoisotopic (exact) mass is 201 g/mol. The summed E-state index contributed by atoms with van der Waals surface area (Å²) >= 11 is 6.93. The van der Waals surface area contributed by atoms with E-state index >= 15 is 0 Å². The van der Waals surface area contributed by atoms with Gasteiger partial charge in [-0.25, -0.2) is 4.98 Å². The van der Waals surface area contributed by atoms with E-state index in [1.54, 1.807) is 0 Å². The second kappa shape index (κ2) is 4.46. The highest BCUT2D eigenvalue weighted by molar-refractivity contribution is 7.15. The van der Waals surface area contributed by atoms with Crippen LogP contribution in [0.25, 0.3) is 0 Å². The van der Waals surface area contributed by atoms with E-state index in [2.05, 4.69) is 10.9 Å². The first kappa shape index (κ1) is 9.53. The van der Waals surface area contributed by atoms with Crippen LogP contribution in [0.5, 0.6) is 0 Å². The first-order valence-corrected chi connectivity index (χ1v) is 4.66. The molecular formula is C8H8ClNOS. The summed E-state index contributed by atoms with van der Waals surface area (Å²) < 4.78 is 0.588. The fourth-order valence-electron chi connectivity index (χ4n) is 0.765. The van der Waals surface area contributed by atoms with Crippen molar-refractivity contribution in [3.05, 3.63) is 15.5 Å². The van der Waals surface area contributed by atoms with Crippen LogP contribution in [0.2, 0.25) is 4.34 Å². The number of aromatic nitrogens is 1. The van der Waals surface area contributed by atoms with Crippen LogP contribution in [-0.4, -0.2) is 10.1 Å². The van der Waals surface area contributed by atoms with Crippen LogP contribution in [0.3, 0.4) is 0 Å². The molecule has 0 spiro atoms. The van der Waals surface area contributed by atoms with E-state index in [-0.39, 0.29) is 0 Å². The summed E-state index contributed by atoms with van der Waals surface area (Å²) in [5, 5.41) is 10.1. The van der Waals surface area contributed by atoms with Crippen molar-refractivity contribution >= 4 is 22.9 Å². The molecule has 1 aromatic heterocycles. The zero-order valence-electron chi connectivity index (χ0n) is 6.33. The van der Waals surface area contributed by atoms with Crippen LogP contribution in [0, 0.1) is 12.3 Å². The third-order valence-electron chi connectivity index (χ3n) is 1.34. The van der Waals surface area contributed by atoms with Crippen LogP contribution in [0.4, 0.5) is 0 Å². The van der Waals surface area contributed by atoms with Gasteiger partial charge in [0.25, 0.3) is 0 Å². The lowest BCUT2D eigenvalue weighted by atomic mass is 10.2. The van der Waals surface area contributed by atoms with E-state index in [4.69, 9.17) is 18.0 Å². The van der Waals surface area contributed by atoms with Gasteiger partial charge in [0.1, 0.15) is 15.4 Å². The molecule has 0 saturated heterocycles. The fraction of sp³-hybridized carbons (Fsp3) is 0.375. The largest absolute Gasteiger partial charge is 0.386 e. The van der Waals surface area contributed by atoms with Crippen molar-refractivity contribution in [2.24, 2.45) is 0 Å². The summed E-state index contributed by atoms with van der Waals surface area (Å²) in [4.78, 5) is 3.94. The molecular weight excluding hydrogens is 194 g/mol. The summed E-state index contributed by atoms with van der Waals surface area (Å²) in [5.41, 5.74) is 0. The molecule has 12 heavy (non-hydrogen) atoms. The Morgan fingerprint density at radius 1 is 1.83 bits per heavy atom. The third kappa shape index (κ3) is 2.49. The lowest BCUT2D eigenvalue weighted by Gasteiger charge is -2.02. The molecule has 1 rings (SSSR count). The van der Waals surface area contributed by atoms with Crippen LogP contribution in [-0.2, 0) is 0 Å². The van der Waals surface area contributed by atoms with Gasteiger partial charge in [-0.05, 0) is 6.42 Å². The predicted octanol–water partition coefficient (Wildman–Crippen LogP) is 2.24. The van der Waals surface area contributed by atoms with Gasteiger partial charge >= 0.3 is 0 Å². The Hall–Kier alpha value is -0.560. The Kier molecular flexibility index (Phi) is 3.54. The summed E-state index contributed by atoms with van der Waals surface area (Å²) in [5.74, 6) is 2.46. The lowest BCUT2D eigenvalue weighted by molar-refractivity contribution is 0.169. The Morgan fingerprint density at radius 2 is 2.58 bits per heavy atom. The molecule has 1 aromatic rings. The van der Waals surface area contributed by atoms with Crippen molar-refractivity contribution in [3.8, 4) is 12.3 Å². The van der Waals surface area contributed by atoms with Crippen LogP contribution in [0.15, 0.2) is 6.20 Å². The number of hydrogen-bond acceptors (Lipinski definition) is 3. The number of aliphatic hydroxyl groups excluding tert-OH is 1. The molecule has 0 saturated carbocycles. The summed E-state index contributed by atoms with van der Waals surface area (Å²) in [6.07, 6.45) is 7.11. The molecule has 0 fully saturated rings. The van der Waals surface area contributed by atoms with E-state index < -0.39 is 6.10 Å². The van der Waals surface area contributed by atoms with Gasteiger partial charge in [-0.15, -0.1) is 23.7 Å². The van der Waals surface area contributed by atoms with Gasteiger partial charge in [0.05, 0.1) is 6.20 Å². The average molecular weight is 202 g/mol. The second-order valence-corrected chi connectivity index (χ2v) is 3.95. The molecule has 0 aliphatic heterocycles. The highest BCUT2D eigenvalue weighted by Gasteiger charge is 2.10. The third-order valence-corrected chi connectivity index (χ3v) is 2.56. The molecule has 0 aliphatic carbocycles. The molecule has 0 radical (unpaired) electrons. The number of thiazole rings is 1. The van der Waals surface area contributed by atoms with Crippen LogP contribution >= 0.6 is 22.9 Å². The predicted molar refractivity (Wildman–Crippen MR) is 50.2 cm³/mol. The maximum absolute atomic E-state index is 9.46. The normalized spacial score (nSPS) is 12.4. The molecule has 0 bridgehead atoms. The number of halogens is 1. The van der Waals surface area contributed by atoms with Crippen molar-refractivity contribution in [1.29, 1.82) is 0 Å². The van der Waals surface area contributed by atoms with Gasteiger partial charge in [0, 0.05) is 6.42 Å². The Morgan fingerprint density at radius 3 is 3.08 bits per heavy atom. The van der Waals surface area contributed by atoms with E-state index in [0.717, 1.165) is 0 Å². The molecule has 64 valence electrons. The molecule has 1 unspecified atom stereocenters. The van der Waals surface area contributed by atoms with Gasteiger partial charge < -0.3 is 5.11 Å². The van der Waals surface area contributed by atoms with Gasteiger partial charge in [-0.2, -0.15) is 0 Å². The van der Waals surface area contributed by atoms with Crippen molar-refractivity contribution in [1.82, 2.24) is 4.98 Å². The maximum Gasteiger partial charge on any atom is 0.123 e. The first-order chi connectivity index (χ1) is 5.74. The quantitative estimate of drug-likeness (QED) is 0.761. The highest BCUT2D eigenvalue weighted by atomic mass is 35.5. The smallest absolute Gasteiger partial charge is 0.123 e. The SMILES string of the molecule is C#CCCC(O)c1ncc(Cl)s1. The minimum Gasteiger partial charge on any atom is -0.386 e. The fourth-order valence-corrected chi connectivity index (χ4v) is 1.71. The summed E-state index contributed by atoms with van der Waals surface area (Å²) in [6, 6.07) is 0. The van der Waals surface area contributed by atoms with Crippen molar-refractivity contribution in [2.75, 3.05) is 0 Å². The molecule has 0 amide bonds. The van der Waals surface area contributed by atoms with E-state index in [0.29, 0.717) is 22.2 Å². The van der Waals surface area contributed by atoms with Gasteiger partial charge in [-0.1, -0.05) is 11.6 Å². The molecule has 1 N–H and O–H groups in total. The van der Waals surface area contributed by atoms with E-state index in [9.17, 15) is 5.11 Å². The molecule has 0 aromatic carbocycles. The molecule has 1 atom stereocenters. The number of aliphatic hydroxyl groups is 1. The molecule has 4 heteroatoms. The molecule has 2 nitrogen and oxygen atoms in total. The minimum atomic E-state index is -0.571. The number of rotatable bonds is 3. The average Bonchev–Trinajstić information content (AvgIpc) is 2.47. The molecule has 1 heterocycles. The Labute approximate surface area is 80.2 Å². The van der Waals surface area contributed by atoms with Gasteiger partial charge in [0.15, 0.2) is 0 Å². The summed E-state index contributed by atoms with van der Waals surface area (Å²) in [7, 11) is 0. The number of hydrogen-bond donors (Lipinski definition) is 1. The van der Waals surface area contributed by atoms with Gasteiger partial charge in [-0.3, -0.25) is 0 Å². The Bertz CT molecular complexity index is 291.